The van der Waals surface area contributed by atoms with Crippen LogP contribution in [-0.4, -0.2) is 73.9 Å². The average molecular weight is 237 g/mol. The highest BCUT2D eigenvalue weighted by Crippen LogP contribution is 2.25. The number of ether oxygens (including phenoxy) is 1. The monoisotopic (exact) mass is 237 g/mol. The van der Waals surface area contributed by atoms with Crippen molar-refractivity contribution in [1.29, 1.82) is 0 Å². The quantitative estimate of drug-likeness (QED) is 0.261. The van der Waals surface area contributed by atoms with Gasteiger partial charge < -0.3 is 25.2 Å². The fourth-order valence-corrected chi connectivity index (χ4v) is 1.49. The highest BCUT2D eigenvalue weighted by Gasteiger charge is 2.48. The maximum Gasteiger partial charge on any atom is 0.245 e. The predicted octanol–water partition coefficient (Wildman–Crippen LogP) is -2.98. The number of carbonyl (C=O) groups excluding carboxylic acids is 1. The standard InChI is InChI=1S/C8H15NO7/c1-3(11)9(15)8-6(14)5(13)7(16-8)4(12)2-10/h4-8,10,12-15H,2H2,1H3/t4-,5-,6-,7+,8-/m1/s1. The molecule has 0 spiro atoms. The van der Waals surface area contributed by atoms with Gasteiger partial charge in [0.25, 0.3) is 0 Å². The lowest BCUT2D eigenvalue weighted by molar-refractivity contribution is -0.230. The molecule has 0 aromatic heterocycles. The van der Waals surface area contributed by atoms with Crippen LogP contribution >= 0.6 is 0 Å². The van der Waals surface area contributed by atoms with E-state index in [0.29, 0.717) is 0 Å². The Morgan fingerprint density at radius 1 is 1.44 bits per heavy atom. The molecule has 1 heterocycles. The number of amides is 1. The van der Waals surface area contributed by atoms with Gasteiger partial charge in [0.2, 0.25) is 5.91 Å². The van der Waals surface area contributed by atoms with Crippen molar-refractivity contribution in [1.82, 2.24) is 5.06 Å². The number of hydrogen-bond donors (Lipinski definition) is 5. The number of hydrogen-bond acceptors (Lipinski definition) is 7. The molecule has 1 amide bonds. The van der Waals surface area contributed by atoms with Crippen molar-refractivity contribution >= 4 is 5.91 Å². The maximum atomic E-state index is 10.8. The van der Waals surface area contributed by atoms with E-state index in [-0.39, 0.29) is 5.06 Å². The summed E-state index contributed by atoms with van der Waals surface area (Å²) in [7, 11) is 0. The third-order valence-electron chi connectivity index (χ3n) is 2.41. The molecular formula is C8H15NO7. The Hall–Kier alpha value is -0.770. The highest BCUT2D eigenvalue weighted by molar-refractivity contribution is 5.72. The first-order valence-corrected chi connectivity index (χ1v) is 4.69. The fraction of sp³-hybridized carbons (Fsp3) is 0.875. The van der Waals surface area contributed by atoms with E-state index in [0.717, 1.165) is 6.92 Å². The number of aliphatic hydroxyl groups is 4. The minimum atomic E-state index is -1.56. The van der Waals surface area contributed by atoms with Crippen LogP contribution in [0, 0.1) is 0 Å². The van der Waals surface area contributed by atoms with Gasteiger partial charge in [-0.2, -0.15) is 5.06 Å². The Bertz CT molecular complexity index is 261. The highest BCUT2D eigenvalue weighted by atomic mass is 16.6. The second kappa shape index (κ2) is 5.04. The van der Waals surface area contributed by atoms with Gasteiger partial charge in [-0.25, -0.2) is 0 Å². The van der Waals surface area contributed by atoms with Crippen LogP contribution in [0.1, 0.15) is 6.92 Å². The van der Waals surface area contributed by atoms with Gasteiger partial charge in [-0.05, 0) is 0 Å². The molecule has 8 heteroatoms. The largest absolute Gasteiger partial charge is 0.394 e. The number of rotatable bonds is 3. The third kappa shape index (κ3) is 2.32. The van der Waals surface area contributed by atoms with Crippen LogP contribution in [0.4, 0.5) is 0 Å². The SMILES string of the molecule is CC(=O)N(O)[C@@H]1O[C@@H]([C@H](O)CO)[C@H](O)[C@H]1O. The third-order valence-corrected chi connectivity index (χ3v) is 2.41. The normalized spacial score (nSPS) is 36.1. The Morgan fingerprint density at radius 3 is 2.44 bits per heavy atom. The Morgan fingerprint density at radius 2 is 2.00 bits per heavy atom. The molecule has 0 aromatic carbocycles. The molecule has 94 valence electrons. The van der Waals surface area contributed by atoms with E-state index in [4.69, 9.17) is 9.84 Å². The summed E-state index contributed by atoms with van der Waals surface area (Å²) < 4.78 is 4.91. The van der Waals surface area contributed by atoms with Crippen molar-refractivity contribution in [2.24, 2.45) is 0 Å². The van der Waals surface area contributed by atoms with Crippen LogP contribution < -0.4 is 0 Å². The fourth-order valence-electron chi connectivity index (χ4n) is 1.49. The molecule has 0 unspecified atom stereocenters. The van der Waals surface area contributed by atoms with Crippen LogP contribution in [0.3, 0.4) is 0 Å². The van der Waals surface area contributed by atoms with E-state index in [1.54, 1.807) is 0 Å². The lowest BCUT2D eigenvalue weighted by Gasteiger charge is -2.23. The van der Waals surface area contributed by atoms with Gasteiger partial charge in [0.15, 0.2) is 6.23 Å². The molecule has 5 N–H and O–H groups in total. The van der Waals surface area contributed by atoms with Gasteiger partial charge in [-0.3, -0.25) is 10.0 Å². The Labute approximate surface area is 91.2 Å². The number of hydroxylamine groups is 2. The minimum Gasteiger partial charge on any atom is -0.394 e. The lowest BCUT2D eigenvalue weighted by atomic mass is 10.1. The van der Waals surface area contributed by atoms with Gasteiger partial charge in [0.05, 0.1) is 6.61 Å². The smallest absolute Gasteiger partial charge is 0.245 e. The van der Waals surface area contributed by atoms with E-state index in [1.165, 1.54) is 0 Å². The molecule has 8 nitrogen and oxygen atoms in total. The summed E-state index contributed by atoms with van der Waals surface area (Å²) in [5.74, 6) is -0.782. The van der Waals surface area contributed by atoms with Gasteiger partial charge in [-0.1, -0.05) is 0 Å². The van der Waals surface area contributed by atoms with Crippen LogP contribution in [0.2, 0.25) is 0 Å². The van der Waals surface area contributed by atoms with E-state index in [1.807, 2.05) is 0 Å². The van der Waals surface area contributed by atoms with Crippen LogP contribution in [0.15, 0.2) is 0 Å². The molecule has 1 aliphatic rings. The summed E-state index contributed by atoms with van der Waals surface area (Å²) in [6.07, 6.45) is -7.19. The Balaban J connectivity index is 2.75. The maximum absolute atomic E-state index is 10.8. The first kappa shape index (κ1) is 13.3. The zero-order valence-corrected chi connectivity index (χ0v) is 8.59. The molecule has 5 atom stereocenters. The molecular weight excluding hydrogens is 222 g/mol. The van der Waals surface area contributed by atoms with Crippen molar-refractivity contribution in [3.05, 3.63) is 0 Å². The molecule has 1 saturated heterocycles. The summed E-state index contributed by atoms with van der Waals surface area (Å²) in [5.41, 5.74) is 0. The first-order chi connectivity index (χ1) is 7.40. The number of nitrogens with zero attached hydrogens (tertiary/aromatic N) is 1. The molecule has 0 bridgehead atoms. The van der Waals surface area contributed by atoms with Crippen molar-refractivity contribution < 1.29 is 35.2 Å². The summed E-state index contributed by atoms with van der Waals surface area (Å²) in [6, 6.07) is 0. The van der Waals surface area contributed by atoms with Gasteiger partial charge in [0, 0.05) is 6.92 Å². The first-order valence-electron chi connectivity index (χ1n) is 4.69. The molecule has 0 radical (unpaired) electrons. The minimum absolute atomic E-state index is 0.123. The second-order valence-electron chi connectivity index (χ2n) is 3.59. The summed E-state index contributed by atoms with van der Waals surface area (Å²) in [6.45, 7) is 0.366. The van der Waals surface area contributed by atoms with Gasteiger partial charge >= 0.3 is 0 Å². The van der Waals surface area contributed by atoms with Crippen molar-refractivity contribution in [2.45, 2.75) is 37.6 Å². The van der Waals surface area contributed by atoms with E-state index in [9.17, 15) is 25.3 Å². The number of aliphatic hydroxyl groups excluding tert-OH is 4. The molecule has 0 saturated carbocycles. The molecule has 16 heavy (non-hydrogen) atoms. The molecule has 0 aliphatic carbocycles. The van der Waals surface area contributed by atoms with Crippen LogP contribution in [-0.2, 0) is 9.53 Å². The van der Waals surface area contributed by atoms with Crippen molar-refractivity contribution in [3.8, 4) is 0 Å². The molecule has 1 rings (SSSR count). The summed E-state index contributed by atoms with van der Waals surface area (Å²) >= 11 is 0. The van der Waals surface area contributed by atoms with Crippen LogP contribution in [0.5, 0.6) is 0 Å². The van der Waals surface area contributed by atoms with Gasteiger partial charge in [-0.15, -0.1) is 0 Å². The zero-order valence-electron chi connectivity index (χ0n) is 8.59. The number of carbonyl (C=O) groups is 1. The van der Waals surface area contributed by atoms with Gasteiger partial charge in [0.1, 0.15) is 24.4 Å². The average Bonchev–Trinajstić information content (AvgIpc) is 2.54. The molecule has 1 aliphatic heterocycles. The van der Waals surface area contributed by atoms with Crippen LogP contribution in [0.25, 0.3) is 0 Å². The molecule has 1 fully saturated rings. The zero-order chi connectivity index (χ0) is 12.5. The summed E-state index contributed by atoms with van der Waals surface area (Å²) in [4.78, 5) is 10.8. The molecule has 0 aromatic rings. The topological polar surface area (TPSA) is 131 Å². The van der Waals surface area contributed by atoms with E-state index >= 15 is 0 Å². The summed E-state index contributed by atoms with van der Waals surface area (Å²) in [5, 5.41) is 46.2. The Kier molecular flexibility index (Phi) is 4.19. The lowest BCUT2D eigenvalue weighted by Crippen LogP contribution is -2.44. The van der Waals surface area contributed by atoms with E-state index in [2.05, 4.69) is 0 Å². The van der Waals surface area contributed by atoms with Crippen molar-refractivity contribution in [3.63, 3.8) is 0 Å². The second-order valence-corrected chi connectivity index (χ2v) is 3.59. The van der Waals surface area contributed by atoms with E-state index < -0.39 is 43.2 Å². The van der Waals surface area contributed by atoms with Crippen molar-refractivity contribution in [2.75, 3.05) is 6.61 Å². The predicted molar refractivity (Wildman–Crippen MR) is 48.1 cm³/mol.